The molecule has 2 aromatic heterocycles. The SMILES string of the molecule is Cc1c(-c2ccccc2)[pH]c(-c2ccccc2)[c]1[Zr+2][c]1c(-c2ccccc2)[pH]c(-c2ccccc2)c1C.[Cl-].[Cl-]. The summed E-state index contributed by atoms with van der Waals surface area (Å²) < 4.78 is 3.35. The zero-order valence-corrected chi connectivity index (χ0v) is 27.8. The molecule has 2 atom stereocenters. The quantitative estimate of drug-likeness (QED) is 0.258. The van der Waals surface area contributed by atoms with Crippen LogP contribution in [0.3, 0.4) is 0 Å². The normalized spacial score (nSPS) is 10.7. The molecule has 2 heterocycles. The summed E-state index contributed by atoms with van der Waals surface area (Å²) >= 11 is -1.11. The van der Waals surface area contributed by atoms with Crippen LogP contribution < -0.4 is 31.4 Å². The van der Waals surface area contributed by atoms with Crippen molar-refractivity contribution >= 4 is 22.9 Å². The summed E-state index contributed by atoms with van der Waals surface area (Å²) in [6, 6.07) is 44.3. The number of hydrogen-bond donors (Lipinski definition) is 0. The van der Waals surface area contributed by atoms with Crippen molar-refractivity contribution < 1.29 is 48.0 Å². The number of hydrogen-bond acceptors (Lipinski definition) is 0. The predicted octanol–water partition coefficient (Wildman–Crippen LogP) is 3.08. The third-order valence-electron chi connectivity index (χ3n) is 7.00. The Balaban J connectivity index is 0.00000176. The first-order chi connectivity index (χ1) is 18.2. The van der Waals surface area contributed by atoms with E-state index < -0.39 is 23.2 Å². The Morgan fingerprint density at radius 1 is 0.385 bits per heavy atom. The fourth-order valence-corrected chi connectivity index (χ4v) is 13.8. The van der Waals surface area contributed by atoms with Gasteiger partial charge >= 0.3 is 236 Å². The molecule has 0 aliphatic rings. The van der Waals surface area contributed by atoms with Gasteiger partial charge in [-0.25, -0.2) is 0 Å². The second kappa shape index (κ2) is 13.5. The van der Waals surface area contributed by atoms with Crippen LogP contribution in [0.25, 0.3) is 43.4 Å². The minimum atomic E-state index is -1.11. The summed E-state index contributed by atoms with van der Waals surface area (Å²) in [5, 5.41) is 6.21. The van der Waals surface area contributed by atoms with Crippen molar-refractivity contribution in [3.8, 4) is 43.4 Å². The van der Waals surface area contributed by atoms with Gasteiger partial charge < -0.3 is 24.8 Å². The molecule has 6 rings (SSSR count). The smallest absolute Gasteiger partial charge is 1.00 e. The van der Waals surface area contributed by atoms with Crippen molar-refractivity contribution in [2.75, 3.05) is 0 Å². The topological polar surface area (TPSA) is 0 Å². The Bertz CT molecular complexity index is 1520. The van der Waals surface area contributed by atoms with E-state index in [2.05, 4.69) is 135 Å². The van der Waals surface area contributed by atoms with E-state index in [1.807, 2.05) is 0 Å². The first-order valence-electron chi connectivity index (χ1n) is 12.6. The van der Waals surface area contributed by atoms with Crippen LogP contribution in [0, 0.1) is 13.8 Å². The van der Waals surface area contributed by atoms with E-state index in [0.717, 1.165) is 0 Å². The van der Waals surface area contributed by atoms with E-state index in [0.29, 0.717) is 16.4 Å². The van der Waals surface area contributed by atoms with E-state index in [9.17, 15) is 0 Å². The van der Waals surface area contributed by atoms with Crippen molar-refractivity contribution in [1.82, 2.24) is 0 Å². The molecule has 0 amide bonds. The second-order valence-electron chi connectivity index (χ2n) is 9.34. The molecule has 6 aromatic rings. The van der Waals surface area contributed by atoms with Gasteiger partial charge in [-0.05, 0) is 0 Å². The van der Waals surface area contributed by atoms with Gasteiger partial charge in [0.15, 0.2) is 0 Å². The van der Waals surface area contributed by atoms with Gasteiger partial charge in [0, 0.05) is 0 Å². The molecule has 0 saturated heterocycles. The summed E-state index contributed by atoms with van der Waals surface area (Å²) in [5.74, 6) is 0. The van der Waals surface area contributed by atoms with Crippen LogP contribution in [0.4, 0.5) is 0 Å². The van der Waals surface area contributed by atoms with Crippen LogP contribution in [0.1, 0.15) is 11.1 Å². The molecule has 2 unspecified atom stereocenters. The monoisotopic (exact) mass is 658 g/mol. The van der Waals surface area contributed by atoms with Crippen LogP contribution in [-0.2, 0) is 23.2 Å². The van der Waals surface area contributed by atoms with Crippen molar-refractivity contribution in [3.63, 3.8) is 0 Å². The Morgan fingerprint density at radius 2 is 0.641 bits per heavy atom. The van der Waals surface area contributed by atoms with Gasteiger partial charge in [-0.1, -0.05) is 0 Å². The fraction of sp³-hybridized carbons (Fsp3) is 0.0588. The molecule has 0 spiro atoms. The van der Waals surface area contributed by atoms with Gasteiger partial charge in [-0.2, -0.15) is 0 Å². The van der Waals surface area contributed by atoms with Crippen LogP contribution in [0.2, 0.25) is 0 Å². The molecule has 0 bridgehead atoms. The summed E-state index contributed by atoms with van der Waals surface area (Å²) in [5.41, 5.74) is 8.61. The van der Waals surface area contributed by atoms with Crippen molar-refractivity contribution in [1.29, 1.82) is 0 Å². The molecule has 0 aliphatic carbocycles. The average Bonchev–Trinajstić information content (AvgIpc) is 3.47. The van der Waals surface area contributed by atoms with Crippen LogP contribution in [-0.4, -0.2) is 0 Å². The third kappa shape index (κ3) is 6.15. The standard InChI is InChI=1S/2C17H14P.2ClH.Zr/c2*1-13-12-16(14-8-4-2-5-9-14)18-17(13)15-10-6-3-7-11-15;;;/h2*2-11,18H,1H3;2*1H;/q;;;;+2/p-2. The summed E-state index contributed by atoms with van der Waals surface area (Å²) in [6.45, 7) is 4.77. The molecule has 0 nitrogen and oxygen atoms in total. The molecule has 5 heteroatoms. The van der Waals surface area contributed by atoms with Crippen molar-refractivity contribution in [2.24, 2.45) is 0 Å². The average molecular weight is 661 g/mol. The predicted molar refractivity (Wildman–Crippen MR) is 162 cm³/mol. The van der Waals surface area contributed by atoms with Crippen LogP contribution in [0.15, 0.2) is 121 Å². The molecule has 0 aliphatic heterocycles. The molecule has 39 heavy (non-hydrogen) atoms. The third-order valence-corrected chi connectivity index (χ3v) is 15.9. The van der Waals surface area contributed by atoms with Crippen LogP contribution >= 0.6 is 16.4 Å². The largest absolute Gasteiger partial charge is 1.00 e. The zero-order valence-electron chi connectivity index (χ0n) is 21.8. The molecule has 192 valence electrons. The molecular weight excluding hydrogens is 632 g/mol. The van der Waals surface area contributed by atoms with E-state index >= 15 is 0 Å². The minimum absolute atomic E-state index is 0. The van der Waals surface area contributed by atoms with Crippen molar-refractivity contribution in [3.05, 3.63) is 132 Å². The van der Waals surface area contributed by atoms with Gasteiger partial charge in [0.05, 0.1) is 0 Å². The molecule has 0 saturated carbocycles. The van der Waals surface area contributed by atoms with Gasteiger partial charge in [0.25, 0.3) is 0 Å². The first-order valence-corrected chi connectivity index (χ1v) is 17.1. The van der Waals surface area contributed by atoms with Crippen LogP contribution in [0.5, 0.6) is 0 Å². The number of rotatable bonds is 6. The Kier molecular flexibility index (Phi) is 10.3. The first kappa shape index (κ1) is 29.9. The molecule has 0 fully saturated rings. The molecule has 0 radical (unpaired) electrons. The van der Waals surface area contributed by atoms with E-state index in [4.69, 9.17) is 0 Å². The minimum Gasteiger partial charge on any atom is -1.00 e. The maximum atomic E-state index is 2.39. The van der Waals surface area contributed by atoms with E-state index in [-0.39, 0.29) is 24.8 Å². The second-order valence-corrected chi connectivity index (χ2v) is 14.9. The number of halogens is 2. The maximum Gasteiger partial charge on any atom is -1.00 e. The summed E-state index contributed by atoms with van der Waals surface area (Å²) in [6.07, 6.45) is 0. The molecule has 4 aromatic carbocycles. The van der Waals surface area contributed by atoms with Gasteiger partial charge in [0.1, 0.15) is 0 Å². The Hall–Kier alpha value is -2.10. The van der Waals surface area contributed by atoms with Gasteiger partial charge in [-0.15, -0.1) is 0 Å². The number of benzene rings is 4. The summed E-state index contributed by atoms with van der Waals surface area (Å²) in [7, 11) is 1.42. The molecular formula is C34H28Cl2P2Zr. The maximum absolute atomic E-state index is 2.39. The zero-order chi connectivity index (χ0) is 25.2. The van der Waals surface area contributed by atoms with E-state index in [1.54, 1.807) is 17.1 Å². The Labute approximate surface area is 258 Å². The summed E-state index contributed by atoms with van der Waals surface area (Å²) in [4.78, 5) is 0. The van der Waals surface area contributed by atoms with Gasteiger partial charge in [-0.3, -0.25) is 0 Å². The van der Waals surface area contributed by atoms with Gasteiger partial charge in [0.2, 0.25) is 0 Å². The van der Waals surface area contributed by atoms with Crippen molar-refractivity contribution in [2.45, 2.75) is 13.8 Å². The Morgan fingerprint density at radius 3 is 0.923 bits per heavy atom. The van der Waals surface area contributed by atoms with E-state index in [1.165, 1.54) is 44.0 Å². The molecule has 0 N–H and O–H groups in total. The fourth-order valence-electron chi connectivity index (χ4n) is 5.05.